The first kappa shape index (κ1) is 21.4. The fourth-order valence-electron chi connectivity index (χ4n) is 3.81. The van der Waals surface area contributed by atoms with Crippen molar-refractivity contribution in [3.05, 3.63) is 59.4 Å². The number of amides is 1. The summed E-state index contributed by atoms with van der Waals surface area (Å²) in [4.78, 5) is 11.8. The van der Waals surface area contributed by atoms with Crippen molar-refractivity contribution in [1.82, 2.24) is 5.32 Å². The van der Waals surface area contributed by atoms with Crippen molar-refractivity contribution in [2.75, 3.05) is 13.7 Å². The first-order chi connectivity index (χ1) is 13.7. The number of aliphatic hydroxyl groups excluding tert-OH is 4. The van der Waals surface area contributed by atoms with Gasteiger partial charge in [0.25, 0.3) is 5.91 Å². The monoisotopic (exact) mass is 405 g/mol. The van der Waals surface area contributed by atoms with Crippen LogP contribution in [0.4, 0.5) is 4.39 Å². The molecule has 0 aromatic heterocycles. The summed E-state index contributed by atoms with van der Waals surface area (Å²) in [6.45, 7) is -0.630. The Morgan fingerprint density at radius 3 is 2.52 bits per heavy atom. The Hall–Kier alpha value is -2.36. The second kappa shape index (κ2) is 8.17. The molecule has 0 saturated heterocycles. The zero-order valence-corrected chi connectivity index (χ0v) is 15.8. The van der Waals surface area contributed by atoms with E-state index in [1.807, 2.05) is 0 Å². The zero-order chi connectivity index (χ0) is 21.3. The van der Waals surface area contributed by atoms with E-state index in [2.05, 4.69) is 5.32 Å². The molecule has 0 spiro atoms. The Morgan fingerprint density at radius 1 is 1.21 bits per heavy atom. The van der Waals surface area contributed by atoms with Gasteiger partial charge in [0.1, 0.15) is 17.5 Å². The molecule has 29 heavy (non-hydrogen) atoms. The van der Waals surface area contributed by atoms with Crippen LogP contribution in [-0.2, 0) is 6.42 Å². The molecule has 0 aliphatic heterocycles. The Balaban J connectivity index is 1.81. The van der Waals surface area contributed by atoms with Crippen LogP contribution in [0.2, 0.25) is 0 Å². The van der Waals surface area contributed by atoms with Crippen molar-refractivity contribution in [2.24, 2.45) is 5.92 Å². The second-order valence-electron chi connectivity index (χ2n) is 7.30. The van der Waals surface area contributed by atoms with Gasteiger partial charge in [-0.15, -0.1) is 0 Å². The second-order valence-corrected chi connectivity index (χ2v) is 7.30. The lowest BCUT2D eigenvalue weighted by molar-refractivity contribution is -0.300. The van der Waals surface area contributed by atoms with Gasteiger partial charge in [0.05, 0.1) is 18.8 Å². The van der Waals surface area contributed by atoms with Gasteiger partial charge in [-0.1, -0.05) is 24.3 Å². The van der Waals surface area contributed by atoms with Gasteiger partial charge in [-0.2, -0.15) is 0 Å². The summed E-state index contributed by atoms with van der Waals surface area (Å²) in [7, 11) is 1.52. The Labute approximate surface area is 167 Å². The van der Waals surface area contributed by atoms with E-state index < -0.39 is 42.3 Å². The predicted molar refractivity (Wildman–Crippen MR) is 102 cm³/mol. The highest BCUT2D eigenvalue weighted by molar-refractivity contribution is 5.95. The molecule has 0 heterocycles. The molecule has 6 N–H and O–H groups in total. The molecule has 2 aromatic rings. The molecule has 5 unspecified atom stereocenters. The standard InChI is InChI=1S/C21H24FNO6/c1-23-20(28)14-4-2-3-11(7-14)12-5-6-13(16(22)8-12)9-17(25)21(29)15(10-24)18(26)19(21)27/h2-8,15,17-19,24-27,29H,9-10H2,1H3,(H,23,28). The fourth-order valence-corrected chi connectivity index (χ4v) is 3.81. The molecule has 3 rings (SSSR count). The first-order valence-corrected chi connectivity index (χ1v) is 9.22. The quantitative estimate of drug-likeness (QED) is 0.396. The Morgan fingerprint density at radius 2 is 1.90 bits per heavy atom. The minimum Gasteiger partial charge on any atom is -0.396 e. The van der Waals surface area contributed by atoms with E-state index in [-0.39, 0.29) is 17.9 Å². The molecule has 0 radical (unpaired) electrons. The van der Waals surface area contributed by atoms with Gasteiger partial charge in [-0.25, -0.2) is 4.39 Å². The van der Waals surface area contributed by atoms with Gasteiger partial charge in [0, 0.05) is 24.9 Å². The Kier molecular flexibility index (Phi) is 6.02. The summed E-state index contributed by atoms with van der Waals surface area (Å²) in [6.07, 6.45) is -4.90. The topological polar surface area (TPSA) is 130 Å². The average molecular weight is 405 g/mol. The molecule has 1 aliphatic carbocycles. The number of nitrogens with one attached hydrogen (secondary N) is 1. The molecular weight excluding hydrogens is 381 g/mol. The minimum absolute atomic E-state index is 0.0995. The molecule has 156 valence electrons. The van der Waals surface area contributed by atoms with Gasteiger partial charge < -0.3 is 30.8 Å². The zero-order valence-electron chi connectivity index (χ0n) is 15.8. The molecule has 1 aliphatic rings. The van der Waals surface area contributed by atoms with Crippen LogP contribution in [-0.4, -0.2) is 69.0 Å². The number of aliphatic hydroxyl groups is 5. The minimum atomic E-state index is -2.12. The van der Waals surface area contributed by atoms with Crippen molar-refractivity contribution in [2.45, 2.75) is 30.3 Å². The van der Waals surface area contributed by atoms with Crippen LogP contribution in [0, 0.1) is 11.7 Å². The molecule has 1 amide bonds. The molecule has 2 aromatic carbocycles. The maximum atomic E-state index is 14.7. The van der Waals surface area contributed by atoms with Crippen molar-refractivity contribution in [3.63, 3.8) is 0 Å². The van der Waals surface area contributed by atoms with Gasteiger partial charge in [0.15, 0.2) is 0 Å². The highest BCUT2D eigenvalue weighted by Crippen LogP contribution is 2.42. The number of carbonyl (C=O) groups excluding carboxylic acids is 1. The van der Waals surface area contributed by atoms with E-state index in [0.717, 1.165) is 0 Å². The van der Waals surface area contributed by atoms with E-state index in [0.29, 0.717) is 16.7 Å². The van der Waals surface area contributed by atoms with Crippen molar-refractivity contribution in [3.8, 4) is 11.1 Å². The molecule has 1 fully saturated rings. The maximum Gasteiger partial charge on any atom is 0.251 e. The summed E-state index contributed by atoms with van der Waals surface area (Å²) in [5.41, 5.74) is -0.436. The summed E-state index contributed by atoms with van der Waals surface area (Å²) in [6, 6.07) is 11.0. The molecule has 0 bridgehead atoms. The third-order valence-electron chi connectivity index (χ3n) is 5.69. The smallest absolute Gasteiger partial charge is 0.251 e. The number of benzene rings is 2. The predicted octanol–water partition coefficient (Wildman–Crippen LogP) is -0.169. The molecular formula is C21H24FNO6. The lowest BCUT2D eigenvalue weighted by atomic mass is 9.61. The van der Waals surface area contributed by atoms with Crippen LogP contribution < -0.4 is 5.32 Å². The number of rotatable bonds is 6. The van der Waals surface area contributed by atoms with Crippen LogP contribution >= 0.6 is 0 Å². The average Bonchev–Trinajstić information content (AvgIpc) is 2.74. The molecule has 7 nitrogen and oxygen atoms in total. The SMILES string of the molecule is CNC(=O)c1cccc(-c2ccc(CC(O)C3(O)C(O)C(O)C3CO)c(F)c2)c1. The van der Waals surface area contributed by atoms with E-state index in [1.54, 1.807) is 30.3 Å². The van der Waals surface area contributed by atoms with Crippen LogP contribution in [0.25, 0.3) is 11.1 Å². The third-order valence-corrected chi connectivity index (χ3v) is 5.69. The maximum absolute atomic E-state index is 14.7. The molecule has 5 atom stereocenters. The summed E-state index contributed by atoms with van der Waals surface area (Å²) in [5.74, 6) is -2.02. The van der Waals surface area contributed by atoms with E-state index in [9.17, 15) is 34.7 Å². The number of hydrogen-bond acceptors (Lipinski definition) is 6. The number of carbonyl (C=O) groups is 1. The lowest BCUT2D eigenvalue weighted by Gasteiger charge is -2.55. The molecule has 1 saturated carbocycles. The number of halogens is 1. The number of hydrogen-bond donors (Lipinski definition) is 6. The van der Waals surface area contributed by atoms with Gasteiger partial charge >= 0.3 is 0 Å². The van der Waals surface area contributed by atoms with Gasteiger partial charge in [-0.3, -0.25) is 4.79 Å². The van der Waals surface area contributed by atoms with Crippen molar-refractivity contribution < 1.29 is 34.7 Å². The van der Waals surface area contributed by atoms with Gasteiger partial charge in [-0.05, 0) is 34.9 Å². The molecule has 8 heteroatoms. The fraction of sp³-hybridized carbons (Fsp3) is 0.381. The largest absolute Gasteiger partial charge is 0.396 e. The summed E-state index contributed by atoms with van der Waals surface area (Å²) in [5, 5.41) is 52.1. The van der Waals surface area contributed by atoms with Crippen LogP contribution in [0.5, 0.6) is 0 Å². The van der Waals surface area contributed by atoms with E-state index in [1.165, 1.54) is 19.2 Å². The Bertz CT molecular complexity index is 906. The highest BCUT2D eigenvalue weighted by atomic mass is 19.1. The third kappa shape index (κ3) is 3.65. The van der Waals surface area contributed by atoms with E-state index in [4.69, 9.17) is 0 Å². The normalized spacial score (nSPS) is 27.2. The van der Waals surface area contributed by atoms with Crippen LogP contribution in [0.1, 0.15) is 15.9 Å². The van der Waals surface area contributed by atoms with Crippen LogP contribution in [0.15, 0.2) is 42.5 Å². The van der Waals surface area contributed by atoms with Crippen molar-refractivity contribution in [1.29, 1.82) is 0 Å². The highest BCUT2D eigenvalue weighted by Gasteiger charge is 2.64. The van der Waals surface area contributed by atoms with E-state index >= 15 is 0 Å². The first-order valence-electron chi connectivity index (χ1n) is 9.22. The summed E-state index contributed by atoms with van der Waals surface area (Å²) < 4.78 is 14.7. The lowest BCUT2D eigenvalue weighted by Crippen LogP contribution is -2.75. The summed E-state index contributed by atoms with van der Waals surface area (Å²) >= 11 is 0. The van der Waals surface area contributed by atoms with Crippen LogP contribution in [0.3, 0.4) is 0 Å². The van der Waals surface area contributed by atoms with Crippen molar-refractivity contribution >= 4 is 5.91 Å². The van der Waals surface area contributed by atoms with Gasteiger partial charge in [0.2, 0.25) is 0 Å².